The number of nitrogens with one attached hydrogen (secondary N) is 1. The van der Waals surface area contributed by atoms with E-state index in [0.29, 0.717) is 23.8 Å². The van der Waals surface area contributed by atoms with E-state index in [-0.39, 0.29) is 17.7 Å². The summed E-state index contributed by atoms with van der Waals surface area (Å²) >= 11 is 1.35. The van der Waals surface area contributed by atoms with E-state index in [1.807, 2.05) is 4.90 Å². The molecule has 126 valence electrons. The number of carbonyl (C=O) groups excluding carboxylic acids is 2. The molecular formula is C14H22N6O2S. The highest BCUT2D eigenvalue weighted by Gasteiger charge is 2.29. The first-order chi connectivity index (χ1) is 11.1. The number of nitrogens with two attached hydrogens (primary N) is 2. The zero-order chi connectivity index (χ0) is 16.4. The zero-order valence-corrected chi connectivity index (χ0v) is 13.8. The maximum atomic E-state index is 12.5. The lowest BCUT2D eigenvalue weighted by Gasteiger charge is -2.30. The monoisotopic (exact) mass is 338 g/mol. The van der Waals surface area contributed by atoms with Gasteiger partial charge < -0.3 is 15.5 Å². The fraction of sp³-hybridized carbons (Fsp3) is 0.643. The number of nitrogens with zero attached hydrogens (tertiary/aromatic N) is 3. The predicted octanol–water partition coefficient (Wildman–Crippen LogP) is 0.168. The second kappa shape index (κ2) is 6.71. The molecule has 0 aliphatic carbocycles. The smallest absolute Gasteiger partial charge is 0.267 e. The molecule has 0 unspecified atom stereocenters. The Morgan fingerprint density at radius 2 is 1.83 bits per heavy atom. The van der Waals surface area contributed by atoms with Gasteiger partial charge in [-0.1, -0.05) is 11.3 Å². The molecule has 0 atom stereocenters. The van der Waals surface area contributed by atoms with Crippen molar-refractivity contribution in [2.75, 3.05) is 36.8 Å². The van der Waals surface area contributed by atoms with Crippen LogP contribution in [0.4, 0.5) is 10.9 Å². The van der Waals surface area contributed by atoms with Crippen molar-refractivity contribution >= 4 is 34.1 Å². The van der Waals surface area contributed by atoms with E-state index in [1.165, 1.54) is 11.3 Å². The van der Waals surface area contributed by atoms with Crippen LogP contribution in [0.15, 0.2) is 0 Å². The number of nitrogen functional groups attached to an aromatic ring is 1. The molecule has 0 spiro atoms. The van der Waals surface area contributed by atoms with Crippen LogP contribution in [0, 0.1) is 5.92 Å². The minimum Gasteiger partial charge on any atom is -0.382 e. The van der Waals surface area contributed by atoms with Gasteiger partial charge in [0.25, 0.3) is 5.91 Å². The average molecular weight is 338 g/mol. The molecule has 3 heterocycles. The Hall–Kier alpha value is -1.87. The summed E-state index contributed by atoms with van der Waals surface area (Å²) in [5, 5.41) is 0.761. The third-order valence-electron chi connectivity index (χ3n) is 4.51. The van der Waals surface area contributed by atoms with Crippen LogP contribution in [-0.2, 0) is 4.79 Å². The van der Waals surface area contributed by atoms with Gasteiger partial charge in [0.05, 0.1) is 0 Å². The Bertz CT molecular complexity index is 590. The van der Waals surface area contributed by atoms with Crippen LogP contribution in [0.5, 0.6) is 0 Å². The minimum absolute atomic E-state index is 0.0128. The van der Waals surface area contributed by atoms with Crippen molar-refractivity contribution in [2.24, 2.45) is 11.8 Å². The highest BCUT2D eigenvalue weighted by atomic mass is 32.1. The van der Waals surface area contributed by atoms with Gasteiger partial charge in [0.15, 0.2) is 5.13 Å². The number of likely N-dealkylation sites (tertiary alicyclic amines) is 1. The van der Waals surface area contributed by atoms with Crippen molar-refractivity contribution in [3.05, 3.63) is 4.88 Å². The predicted molar refractivity (Wildman–Crippen MR) is 88.9 cm³/mol. The molecule has 2 saturated heterocycles. The summed E-state index contributed by atoms with van der Waals surface area (Å²) in [5.41, 5.74) is 8.17. The number of hydrazine groups is 1. The van der Waals surface area contributed by atoms with Crippen molar-refractivity contribution in [1.82, 2.24) is 15.3 Å². The zero-order valence-electron chi connectivity index (χ0n) is 13.0. The highest BCUT2D eigenvalue weighted by Crippen LogP contribution is 2.32. The molecule has 2 fully saturated rings. The Morgan fingerprint density at radius 1 is 1.17 bits per heavy atom. The molecule has 0 saturated carbocycles. The molecule has 2 aliphatic heterocycles. The Kier molecular flexibility index (Phi) is 4.67. The molecule has 2 amide bonds. The lowest BCUT2D eigenvalue weighted by atomic mass is 9.96. The molecule has 0 radical (unpaired) electrons. The van der Waals surface area contributed by atoms with Crippen LogP contribution in [0.3, 0.4) is 0 Å². The largest absolute Gasteiger partial charge is 0.382 e. The van der Waals surface area contributed by atoms with Gasteiger partial charge in [-0.15, -0.1) is 0 Å². The van der Waals surface area contributed by atoms with Crippen molar-refractivity contribution in [3.63, 3.8) is 0 Å². The van der Waals surface area contributed by atoms with E-state index in [9.17, 15) is 9.59 Å². The molecular weight excluding hydrogens is 316 g/mol. The first-order valence-corrected chi connectivity index (χ1v) is 8.72. The molecule has 5 N–H and O–H groups in total. The van der Waals surface area contributed by atoms with Crippen molar-refractivity contribution in [1.29, 1.82) is 0 Å². The third kappa shape index (κ3) is 3.25. The van der Waals surface area contributed by atoms with Gasteiger partial charge >= 0.3 is 0 Å². The SMILES string of the molecule is NNC(=O)C1CCN(c2nc(N)c(C(=O)N3CCCC3)s2)CC1. The van der Waals surface area contributed by atoms with Crippen LogP contribution < -0.4 is 21.9 Å². The standard InChI is InChI=1S/C14H22N6O2S/c15-11-10(13(22)19-5-1-2-6-19)23-14(17-11)20-7-3-9(4-8-20)12(21)18-16/h9H,1-8,15-16H2,(H,18,21). The van der Waals surface area contributed by atoms with E-state index in [0.717, 1.165) is 43.9 Å². The quantitative estimate of drug-likeness (QED) is 0.411. The number of amides is 2. The number of hydrogen-bond donors (Lipinski definition) is 3. The first-order valence-electron chi connectivity index (χ1n) is 7.91. The van der Waals surface area contributed by atoms with Gasteiger partial charge in [-0.05, 0) is 25.7 Å². The highest BCUT2D eigenvalue weighted by molar-refractivity contribution is 7.18. The Balaban J connectivity index is 1.67. The van der Waals surface area contributed by atoms with E-state index in [4.69, 9.17) is 11.6 Å². The number of aromatic nitrogens is 1. The van der Waals surface area contributed by atoms with Gasteiger partial charge in [0.1, 0.15) is 10.7 Å². The fourth-order valence-corrected chi connectivity index (χ4v) is 4.13. The van der Waals surface area contributed by atoms with Gasteiger partial charge in [-0.2, -0.15) is 0 Å². The molecule has 0 bridgehead atoms. The summed E-state index contributed by atoms with van der Waals surface area (Å²) in [6.07, 6.45) is 3.54. The van der Waals surface area contributed by atoms with Crippen molar-refractivity contribution in [2.45, 2.75) is 25.7 Å². The third-order valence-corrected chi connectivity index (χ3v) is 5.63. The van der Waals surface area contributed by atoms with E-state index in [2.05, 4.69) is 15.3 Å². The second-order valence-electron chi connectivity index (χ2n) is 5.98. The summed E-state index contributed by atoms with van der Waals surface area (Å²) in [4.78, 5) is 32.9. The molecule has 23 heavy (non-hydrogen) atoms. The number of rotatable bonds is 3. The summed E-state index contributed by atoms with van der Waals surface area (Å²) in [7, 11) is 0. The van der Waals surface area contributed by atoms with Crippen molar-refractivity contribution in [3.8, 4) is 0 Å². The molecule has 0 aromatic carbocycles. The number of anilines is 2. The number of piperidine rings is 1. The van der Waals surface area contributed by atoms with Crippen LogP contribution in [0.25, 0.3) is 0 Å². The van der Waals surface area contributed by atoms with Crippen LogP contribution in [0.1, 0.15) is 35.4 Å². The molecule has 8 nitrogen and oxygen atoms in total. The van der Waals surface area contributed by atoms with Crippen molar-refractivity contribution < 1.29 is 9.59 Å². The average Bonchev–Trinajstić information content (AvgIpc) is 3.23. The lowest BCUT2D eigenvalue weighted by molar-refractivity contribution is -0.125. The van der Waals surface area contributed by atoms with Gasteiger partial charge in [-0.25, -0.2) is 10.8 Å². The van der Waals surface area contributed by atoms with Crippen LogP contribution in [-0.4, -0.2) is 47.9 Å². The molecule has 9 heteroatoms. The number of carbonyl (C=O) groups is 2. The molecule has 2 aliphatic rings. The fourth-order valence-electron chi connectivity index (χ4n) is 3.12. The van der Waals surface area contributed by atoms with E-state index >= 15 is 0 Å². The Morgan fingerprint density at radius 3 is 2.43 bits per heavy atom. The minimum atomic E-state index is -0.117. The summed E-state index contributed by atoms with van der Waals surface area (Å²) in [6, 6.07) is 0. The topological polar surface area (TPSA) is 118 Å². The molecule has 1 aromatic heterocycles. The summed E-state index contributed by atoms with van der Waals surface area (Å²) < 4.78 is 0. The summed E-state index contributed by atoms with van der Waals surface area (Å²) in [6.45, 7) is 3.01. The van der Waals surface area contributed by atoms with E-state index in [1.54, 1.807) is 0 Å². The second-order valence-corrected chi connectivity index (χ2v) is 6.96. The number of thiazole rings is 1. The normalized spacial score (nSPS) is 19.2. The van der Waals surface area contributed by atoms with Gasteiger partial charge in [0, 0.05) is 32.1 Å². The first kappa shape index (κ1) is 16.0. The Labute approximate surface area is 138 Å². The van der Waals surface area contributed by atoms with Crippen LogP contribution in [0.2, 0.25) is 0 Å². The van der Waals surface area contributed by atoms with Gasteiger partial charge in [0.2, 0.25) is 5.91 Å². The molecule has 3 rings (SSSR count). The van der Waals surface area contributed by atoms with Crippen LogP contribution >= 0.6 is 11.3 Å². The maximum Gasteiger partial charge on any atom is 0.267 e. The number of hydrogen-bond acceptors (Lipinski definition) is 7. The van der Waals surface area contributed by atoms with Gasteiger partial charge in [-0.3, -0.25) is 15.0 Å². The lowest BCUT2D eigenvalue weighted by Crippen LogP contribution is -2.42. The van der Waals surface area contributed by atoms with E-state index < -0.39 is 0 Å². The summed E-state index contributed by atoms with van der Waals surface area (Å²) in [5.74, 6) is 5.31. The maximum absolute atomic E-state index is 12.5. The molecule has 1 aromatic rings.